The van der Waals surface area contributed by atoms with Crippen molar-refractivity contribution in [2.24, 2.45) is 0 Å². The largest absolute Gasteiger partial charge is 0.481 e. The highest BCUT2D eigenvalue weighted by atomic mass is 19.1. The van der Waals surface area contributed by atoms with Gasteiger partial charge in [0, 0.05) is 6.20 Å². The Bertz CT molecular complexity index is 832. The number of aliphatic carboxylic acids is 1. The molecule has 0 bridgehead atoms. The van der Waals surface area contributed by atoms with Gasteiger partial charge < -0.3 is 5.11 Å². The van der Waals surface area contributed by atoms with Gasteiger partial charge in [0.1, 0.15) is 11.6 Å². The molecule has 0 spiro atoms. The average molecular weight is 329 g/mol. The number of halogens is 2. The van der Waals surface area contributed by atoms with Crippen molar-refractivity contribution in [1.29, 1.82) is 0 Å². The number of hydrogen-bond acceptors (Lipinski definition) is 2. The lowest BCUT2D eigenvalue weighted by Gasteiger charge is -2.34. The molecule has 3 nitrogen and oxygen atoms in total. The van der Waals surface area contributed by atoms with Gasteiger partial charge >= 0.3 is 5.97 Å². The molecule has 1 aliphatic rings. The monoisotopic (exact) mass is 329 g/mol. The Balaban J connectivity index is 2.01. The first kappa shape index (κ1) is 16.3. The third-order valence-corrected chi connectivity index (χ3v) is 4.79. The highest BCUT2D eigenvalue weighted by molar-refractivity contribution is 5.84. The maximum absolute atomic E-state index is 13.9. The average Bonchev–Trinajstić information content (AvgIpc) is 2.57. The highest BCUT2D eigenvalue weighted by Crippen LogP contribution is 2.43. The van der Waals surface area contributed by atoms with Crippen molar-refractivity contribution in [3.05, 3.63) is 71.1 Å². The summed E-state index contributed by atoms with van der Waals surface area (Å²) in [6, 6.07) is 5.93. The summed E-state index contributed by atoms with van der Waals surface area (Å²) >= 11 is 0. The number of carbonyl (C=O) groups is 1. The summed E-state index contributed by atoms with van der Waals surface area (Å²) in [5.74, 6) is -1.80. The molecule has 5 heteroatoms. The Morgan fingerprint density at radius 3 is 2.71 bits per heavy atom. The Kier molecular flexibility index (Phi) is 4.18. The lowest BCUT2D eigenvalue weighted by atomic mass is 9.68. The van der Waals surface area contributed by atoms with Gasteiger partial charge in [0.2, 0.25) is 0 Å². The van der Waals surface area contributed by atoms with Crippen molar-refractivity contribution in [3.8, 4) is 0 Å². The van der Waals surface area contributed by atoms with Crippen LogP contribution in [0.5, 0.6) is 0 Å². The second-order valence-corrected chi connectivity index (χ2v) is 6.12. The van der Waals surface area contributed by atoms with Crippen LogP contribution in [-0.4, -0.2) is 16.1 Å². The van der Waals surface area contributed by atoms with Gasteiger partial charge in [-0.25, -0.2) is 8.78 Å². The zero-order chi connectivity index (χ0) is 17.3. The Morgan fingerprint density at radius 2 is 2.08 bits per heavy atom. The van der Waals surface area contributed by atoms with E-state index in [1.54, 1.807) is 25.3 Å². The third kappa shape index (κ3) is 2.70. The molecule has 124 valence electrons. The van der Waals surface area contributed by atoms with Gasteiger partial charge in [0.25, 0.3) is 0 Å². The zero-order valence-electron chi connectivity index (χ0n) is 13.2. The SMILES string of the molecule is Cc1c(F)cccc1[C@]1(C(=O)O)CC=C(c2cncc(F)c2)CC1. The van der Waals surface area contributed by atoms with Crippen molar-refractivity contribution in [2.75, 3.05) is 0 Å². The Hall–Kier alpha value is -2.56. The van der Waals surface area contributed by atoms with E-state index in [-0.39, 0.29) is 6.42 Å². The second kappa shape index (κ2) is 6.15. The lowest BCUT2D eigenvalue weighted by Crippen LogP contribution is -2.38. The van der Waals surface area contributed by atoms with E-state index in [0.29, 0.717) is 29.5 Å². The summed E-state index contributed by atoms with van der Waals surface area (Å²) in [6.07, 6.45) is 5.53. The minimum atomic E-state index is -1.16. The fraction of sp³-hybridized carbons (Fsp3) is 0.263. The first-order valence-electron chi connectivity index (χ1n) is 7.73. The molecule has 24 heavy (non-hydrogen) atoms. The van der Waals surface area contributed by atoms with E-state index in [9.17, 15) is 18.7 Å². The predicted molar refractivity (Wildman–Crippen MR) is 86.5 cm³/mol. The van der Waals surface area contributed by atoms with Gasteiger partial charge in [0.05, 0.1) is 11.6 Å². The van der Waals surface area contributed by atoms with Crippen LogP contribution < -0.4 is 0 Å². The minimum Gasteiger partial charge on any atom is -0.481 e. The maximum Gasteiger partial charge on any atom is 0.314 e. The molecule has 2 aromatic rings. The minimum absolute atomic E-state index is 0.235. The summed E-state index contributed by atoms with van der Waals surface area (Å²) in [5, 5.41) is 9.83. The maximum atomic E-state index is 13.9. The quantitative estimate of drug-likeness (QED) is 0.915. The van der Waals surface area contributed by atoms with Gasteiger partial charge in [-0.15, -0.1) is 0 Å². The molecule has 0 fully saturated rings. The summed E-state index contributed by atoms with van der Waals surface area (Å²) in [5.41, 5.74) is 1.24. The number of hydrogen-bond donors (Lipinski definition) is 1. The summed E-state index contributed by atoms with van der Waals surface area (Å²) < 4.78 is 27.2. The van der Waals surface area contributed by atoms with Crippen LogP contribution in [0.15, 0.2) is 42.7 Å². The molecule has 1 atom stereocenters. The number of nitrogens with zero attached hydrogens (tertiary/aromatic N) is 1. The van der Waals surface area contributed by atoms with Crippen molar-refractivity contribution in [1.82, 2.24) is 4.98 Å². The Morgan fingerprint density at radius 1 is 1.29 bits per heavy atom. The molecule has 0 saturated heterocycles. The van der Waals surface area contributed by atoms with Gasteiger partial charge in [-0.2, -0.15) is 0 Å². The van der Waals surface area contributed by atoms with E-state index >= 15 is 0 Å². The van der Waals surface area contributed by atoms with E-state index in [2.05, 4.69) is 4.98 Å². The van der Waals surface area contributed by atoms with Crippen molar-refractivity contribution in [3.63, 3.8) is 0 Å². The molecule has 1 aromatic carbocycles. The van der Waals surface area contributed by atoms with Crippen LogP contribution in [0, 0.1) is 18.6 Å². The predicted octanol–water partition coefficient (Wildman–Crippen LogP) is 4.26. The fourth-order valence-electron chi connectivity index (χ4n) is 3.38. The van der Waals surface area contributed by atoms with Crippen molar-refractivity contribution in [2.45, 2.75) is 31.6 Å². The number of aromatic nitrogens is 1. The van der Waals surface area contributed by atoms with Crippen LogP contribution in [0.4, 0.5) is 8.78 Å². The fourth-order valence-corrected chi connectivity index (χ4v) is 3.38. The van der Waals surface area contributed by atoms with E-state index in [1.807, 2.05) is 0 Å². The first-order chi connectivity index (χ1) is 11.4. The molecule has 1 aliphatic carbocycles. The topological polar surface area (TPSA) is 50.2 Å². The Labute approximate surface area is 138 Å². The van der Waals surface area contributed by atoms with Crippen LogP contribution >= 0.6 is 0 Å². The molecule has 0 radical (unpaired) electrons. The number of rotatable bonds is 3. The summed E-state index contributed by atoms with van der Waals surface area (Å²) in [7, 11) is 0. The van der Waals surface area contributed by atoms with Crippen LogP contribution in [0.1, 0.15) is 36.0 Å². The molecule has 1 N–H and O–H groups in total. The first-order valence-corrected chi connectivity index (χ1v) is 7.73. The zero-order valence-corrected chi connectivity index (χ0v) is 13.2. The number of carboxylic acids is 1. The van der Waals surface area contributed by atoms with Crippen molar-refractivity contribution < 1.29 is 18.7 Å². The second-order valence-electron chi connectivity index (χ2n) is 6.12. The van der Waals surface area contributed by atoms with E-state index < -0.39 is 23.0 Å². The standard InChI is InChI=1S/C19H17F2NO2/c1-12-16(3-2-4-17(12)21)19(18(23)24)7-5-13(6-8-19)14-9-15(20)11-22-10-14/h2-5,9-11H,6-8H2,1H3,(H,23,24)/t19-/m0/s1. The molecule has 0 unspecified atom stereocenters. The van der Waals surface area contributed by atoms with E-state index in [0.717, 1.165) is 11.8 Å². The molecule has 3 rings (SSSR count). The summed E-state index contributed by atoms with van der Waals surface area (Å²) in [4.78, 5) is 15.8. The summed E-state index contributed by atoms with van der Waals surface area (Å²) in [6.45, 7) is 1.60. The van der Waals surface area contributed by atoms with E-state index in [1.165, 1.54) is 18.2 Å². The molecular weight excluding hydrogens is 312 g/mol. The van der Waals surface area contributed by atoms with Gasteiger partial charge in [-0.3, -0.25) is 9.78 Å². The van der Waals surface area contributed by atoms with Crippen molar-refractivity contribution >= 4 is 11.5 Å². The molecule has 1 heterocycles. The highest BCUT2D eigenvalue weighted by Gasteiger charge is 2.42. The number of benzene rings is 1. The molecule has 0 saturated carbocycles. The number of pyridine rings is 1. The third-order valence-electron chi connectivity index (χ3n) is 4.79. The van der Waals surface area contributed by atoms with Gasteiger partial charge in [0.15, 0.2) is 0 Å². The van der Waals surface area contributed by atoms with Crippen LogP contribution in [-0.2, 0) is 10.2 Å². The molecule has 0 aliphatic heterocycles. The van der Waals surface area contributed by atoms with Crippen LogP contribution in [0.3, 0.4) is 0 Å². The molecule has 1 aromatic heterocycles. The number of carboxylic acid groups (broad SMARTS) is 1. The lowest BCUT2D eigenvalue weighted by molar-refractivity contribution is -0.144. The molecular formula is C19H17F2NO2. The van der Waals surface area contributed by atoms with Crippen LogP contribution in [0.2, 0.25) is 0 Å². The van der Waals surface area contributed by atoms with Gasteiger partial charge in [-0.05, 0) is 60.6 Å². The molecule has 0 amide bonds. The smallest absolute Gasteiger partial charge is 0.314 e. The van der Waals surface area contributed by atoms with E-state index in [4.69, 9.17) is 0 Å². The van der Waals surface area contributed by atoms with Crippen LogP contribution in [0.25, 0.3) is 5.57 Å². The number of allylic oxidation sites excluding steroid dienone is 2. The normalized spacial score (nSPS) is 20.5. The van der Waals surface area contributed by atoms with Gasteiger partial charge in [-0.1, -0.05) is 18.2 Å².